The van der Waals surface area contributed by atoms with Crippen molar-refractivity contribution in [2.75, 3.05) is 0 Å². The van der Waals surface area contributed by atoms with E-state index in [1.54, 1.807) is 0 Å². The van der Waals surface area contributed by atoms with Gasteiger partial charge in [0.25, 0.3) is 0 Å². The molecule has 12 heteroatoms. The largest absolute Gasteiger partial charge is 0.491 e. The monoisotopic (exact) mass is 358 g/mol. The molecule has 0 unspecified atom stereocenters. The molecule has 0 spiro atoms. The number of ether oxygens (including phenoxy) is 2. The molecule has 0 radical (unpaired) electrons. The lowest BCUT2D eigenvalue weighted by molar-refractivity contribution is -0.193. The predicted molar refractivity (Wildman–Crippen MR) is 59.4 cm³/mol. The molecule has 0 saturated heterocycles. The summed E-state index contributed by atoms with van der Waals surface area (Å²) < 4.78 is 78.4. The van der Waals surface area contributed by atoms with Crippen molar-refractivity contribution in [1.82, 2.24) is 0 Å². The average Bonchev–Trinajstić information content (AvgIpc) is 2.45. The van der Waals surface area contributed by atoms with Gasteiger partial charge in [-0.15, -0.1) is 0 Å². The first-order valence-electron chi connectivity index (χ1n) is 5.59. The number of hydrogen-bond donors (Lipinski definition) is 0. The van der Waals surface area contributed by atoms with E-state index in [-0.39, 0.29) is 0 Å². The Labute approximate surface area is 127 Å². The van der Waals surface area contributed by atoms with Gasteiger partial charge >= 0.3 is 36.2 Å². The van der Waals surface area contributed by atoms with Crippen LogP contribution in [0.2, 0.25) is 0 Å². The Morgan fingerprint density at radius 2 is 0.875 bits per heavy atom. The van der Waals surface area contributed by atoms with E-state index in [1.165, 1.54) is 0 Å². The molecule has 0 amide bonds. The van der Waals surface area contributed by atoms with Crippen LogP contribution < -0.4 is 0 Å². The highest BCUT2D eigenvalue weighted by Gasteiger charge is 2.43. The molecule has 130 valence electrons. The first-order chi connectivity index (χ1) is 10.8. The molecule has 24 heavy (non-hydrogen) atoms. The van der Waals surface area contributed by atoms with Crippen molar-refractivity contribution in [3.8, 4) is 0 Å². The summed E-state index contributed by atoms with van der Waals surface area (Å²) in [6.45, 7) is 0. The molecule has 0 bridgehead atoms. The Kier molecular flexibility index (Phi) is 5.32. The van der Waals surface area contributed by atoms with Crippen molar-refractivity contribution in [3.63, 3.8) is 0 Å². The van der Waals surface area contributed by atoms with Gasteiger partial charge in [-0.1, -0.05) is 0 Å². The van der Waals surface area contributed by atoms with Crippen molar-refractivity contribution < 1.29 is 55.0 Å². The van der Waals surface area contributed by atoms with Crippen LogP contribution in [0.1, 0.15) is 20.7 Å². The van der Waals surface area contributed by atoms with E-state index >= 15 is 0 Å². The molecule has 0 aromatic heterocycles. The van der Waals surface area contributed by atoms with E-state index in [2.05, 4.69) is 9.47 Å². The lowest BCUT2D eigenvalue weighted by Crippen LogP contribution is -2.28. The Balaban J connectivity index is 2.79. The van der Waals surface area contributed by atoms with Crippen molar-refractivity contribution in [2.24, 2.45) is 0 Å². The molecule has 0 saturated carbocycles. The third kappa shape index (κ3) is 5.07. The number of benzene rings is 1. The topological polar surface area (TPSA) is 86.7 Å². The van der Waals surface area contributed by atoms with Crippen LogP contribution in [0.15, 0.2) is 24.3 Å². The lowest BCUT2D eigenvalue weighted by atomic mass is 10.1. The maximum atomic E-state index is 11.9. The second-order valence-corrected chi connectivity index (χ2v) is 3.93. The van der Waals surface area contributed by atoms with E-state index in [0.717, 1.165) is 0 Å². The van der Waals surface area contributed by atoms with Gasteiger partial charge in [-0.05, 0) is 24.3 Å². The zero-order valence-corrected chi connectivity index (χ0v) is 11.0. The zero-order valence-electron chi connectivity index (χ0n) is 11.0. The third-order valence-corrected chi connectivity index (χ3v) is 2.19. The van der Waals surface area contributed by atoms with Crippen LogP contribution in [0.3, 0.4) is 0 Å². The minimum Gasteiger partial charge on any atom is -0.383 e. The van der Waals surface area contributed by atoms with Gasteiger partial charge in [0.1, 0.15) is 0 Å². The number of carbonyl (C=O) groups excluding carboxylic acids is 4. The molecular formula is C12H4F6O6. The molecule has 1 aromatic rings. The number of rotatable bonds is 2. The van der Waals surface area contributed by atoms with E-state index in [0.29, 0.717) is 24.3 Å². The summed E-state index contributed by atoms with van der Waals surface area (Å²) in [4.78, 5) is 43.4. The molecule has 0 aliphatic carbocycles. The quantitative estimate of drug-likeness (QED) is 0.458. The SMILES string of the molecule is O=C(OC(=O)C(F)(F)F)c1ccc(C(=O)OC(=O)C(F)(F)F)cc1. The van der Waals surface area contributed by atoms with Gasteiger partial charge in [0, 0.05) is 0 Å². The normalized spacial score (nSPS) is 11.6. The Hall–Kier alpha value is -2.92. The average molecular weight is 358 g/mol. The van der Waals surface area contributed by atoms with Gasteiger partial charge in [0.2, 0.25) is 0 Å². The van der Waals surface area contributed by atoms with Gasteiger partial charge < -0.3 is 9.47 Å². The molecule has 0 aliphatic heterocycles. The minimum absolute atomic E-state index is 0.605. The van der Waals surface area contributed by atoms with Gasteiger partial charge in [-0.3, -0.25) is 0 Å². The molecule has 0 atom stereocenters. The highest BCUT2D eigenvalue weighted by atomic mass is 19.4. The number of halogens is 6. The molecule has 0 aliphatic rings. The fourth-order valence-electron chi connectivity index (χ4n) is 1.14. The Bertz CT molecular complexity index is 614. The van der Waals surface area contributed by atoms with Crippen LogP contribution in [0.25, 0.3) is 0 Å². The lowest BCUT2D eigenvalue weighted by Gasteiger charge is -2.07. The maximum absolute atomic E-state index is 11.9. The molecule has 1 rings (SSSR count). The van der Waals surface area contributed by atoms with E-state index in [9.17, 15) is 45.5 Å². The predicted octanol–water partition coefficient (Wildman–Crippen LogP) is 2.18. The van der Waals surface area contributed by atoms with Gasteiger partial charge in [-0.2, -0.15) is 26.3 Å². The fraction of sp³-hybridized carbons (Fsp3) is 0.167. The smallest absolute Gasteiger partial charge is 0.383 e. The summed E-state index contributed by atoms with van der Waals surface area (Å²) >= 11 is 0. The summed E-state index contributed by atoms with van der Waals surface area (Å²) in [7, 11) is 0. The second kappa shape index (κ2) is 6.68. The summed E-state index contributed by atoms with van der Waals surface area (Å²) in [5, 5.41) is 0. The van der Waals surface area contributed by atoms with E-state index in [4.69, 9.17) is 0 Å². The standard InChI is InChI=1S/C12H4F6O6/c13-11(14,15)9(21)23-7(19)5-1-2-6(4-3-5)8(20)24-10(22)12(16,17)18/h1-4H. The molecule has 1 aromatic carbocycles. The summed E-state index contributed by atoms with van der Waals surface area (Å²) in [5.41, 5.74) is -1.21. The first-order valence-corrected chi connectivity index (χ1v) is 5.59. The molecule has 0 N–H and O–H groups in total. The highest BCUT2D eigenvalue weighted by molar-refractivity contribution is 6.00. The fourth-order valence-corrected chi connectivity index (χ4v) is 1.14. The summed E-state index contributed by atoms with van der Waals surface area (Å²) in [6, 6.07) is 2.72. The van der Waals surface area contributed by atoms with Crippen molar-refractivity contribution >= 4 is 23.9 Å². The second-order valence-electron chi connectivity index (χ2n) is 3.93. The van der Waals surface area contributed by atoms with Crippen LogP contribution in [0.4, 0.5) is 26.3 Å². The maximum Gasteiger partial charge on any atom is 0.491 e. The zero-order chi connectivity index (χ0) is 18.7. The van der Waals surface area contributed by atoms with Crippen molar-refractivity contribution in [2.45, 2.75) is 12.4 Å². The third-order valence-electron chi connectivity index (χ3n) is 2.19. The van der Waals surface area contributed by atoms with E-state index < -0.39 is 47.4 Å². The first kappa shape index (κ1) is 19.1. The van der Waals surface area contributed by atoms with Crippen LogP contribution in [0.5, 0.6) is 0 Å². The molecular weight excluding hydrogens is 354 g/mol. The van der Waals surface area contributed by atoms with Gasteiger partial charge in [0.05, 0.1) is 11.1 Å². The van der Waals surface area contributed by atoms with Gasteiger partial charge in [-0.25, -0.2) is 19.2 Å². The molecule has 6 nitrogen and oxygen atoms in total. The Morgan fingerprint density at radius 3 is 1.08 bits per heavy atom. The van der Waals surface area contributed by atoms with Crippen LogP contribution in [-0.2, 0) is 19.1 Å². The summed E-state index contributed by atoms with van der Waals surface area (Å²) in [6.07, 6.45) is -10.8. The van der Waals surface area contributed by atoms with Crippen LogP contribution in [0, 0.1) is 0 Å². The van der Waals surface area contributed by atoms with Gasteiger partial charge in [0.15, 0.2) is 0 Å². The highest BCUT2D eigenvalue weighted by Crippen LogP contribution is 2.19. The van der Waals surface area contributed by atoms with Crippen molar-refractivity contribution in [3.05, 3.63) is 35.4 Å². The number of carbonyl (C=O) groups is 4. The number of esters is 4. The molecule has 0 fully saturated rings. The number of hydrogen-bond acceptors (Lipinski definition) is 6. The summed E-state index contributed by atoms with van der Waals surface area (Å²) in [5.74, 6) is -8.95. The number of alkyl halides is 6. The molecule has 0 heterocycles. The van der Waals surface area contributed by atoms with Crippen LogP contribution >= 0.6 is 0 Å². The van der Waals surface area contributed by atoms with Crippen molar-refractivity contribution in [1.29, 1.82) is 0 Å². The minimum atomic E-state index is -5.41. The Morgan fingerprint density at radius 1 is 0.625 bits per heavy atom. The van der Waals surface area contributed by atoms with Crippen LogP contribution in [-0.4, -0.2) is 36.2 Å². The van der Waals surface area contributed by atoms with E-state index in [1.807, 2.05) is 0 Å².